The maximum Gasteiger partial charge on any atom is 0.269 e. The summed E-state index contributed by atoms with van der Waals surface area (Å²) in [6.07, 6.45) is 0.0963. The van der Waals surface area contributed by atoms with Crippen molar-refractivity contribution in [3.63, 3.8) is 0 Å². The van der Waals surface area contributed by atoms with Gasteiger partial charge in [0.2, 0.25) is 11.8 Å². The lowest BCUT2D eigenvalue weighted by atomic mass is 10.1. The van der Waals surface area contributed by atoms with E-state index in [1.54, 1.807) is 66.6 Å². The summed E-state index contributed by atoms with van der Waals surface area (Å²) in [4.78, 5) is 38.0. The minimum Gasteiger partial charge on any atom is -0.497 e. The minimum atomic E-state index is -0.527. The molecule has 2 N–H and O–H groups in total. The molecule has 1 saturated heterocycles. The van der Waals surface area contributed by atoms with E-state index in [2.05, 4.69) is 10.9 Å². The standard InChI is InChI=1S/C19H19N3O4/c1-26-16-9-7-15(8-10-16)22-12-14(11-17(22)23)19(25)21-20-18(24)13-5-3-2-4-6-13/h2-10,14H,11-12H2,1H3,(H,20,24)(H,21,25)/t14-/m1/s1. The Hall–Kier alpha value is -3.35. The van der Waals surface area contributed by atoms with Crippen LogP contribution in [0, 0.1) is 5.92 Å². The highest BCUT2D eigenvalue weighted by Crippen LogP contribution is 2.26. The second-order valence-electron chi connectivity index (χ2n) is 5.91. The molecule has 0 bridgehead atoms. The van der Waals surface area contributed by atoms with Crippen LogP contribution in [0.15, 0.2) is 54.6 Å². The second kappa shape index (κ2) is 7.69. The monoisotopic (exact) mass is 353 g/mol. The average Bonchev–Trinajstić information content (AvgIpc) is 3.08. The number of hydrazine groups is 1. The van der Waals surface area contributed by atoms with Gasteiger partial charge in [-0.15, -0.1) is 0 Å². The van der Waals surface area contributed by atoms with Gasteiger partial charge < -0.3 is 9.64 Å². The quantitative estimate of drug-likeness (QED) is 0.816. The number of carbonyl (C=O) groups is 3. The van der Waals surface area contributed by atoms with Gasteiger partial charge in [0.05, 0.1) is 13.0 Å². The van der Waals surface area contributed by atoms with Crippen molar-refractivity contribution in [3.05, 3.63) is 60.2 Å². The zero-order chi connectivity index (χ0) is 18.5. The van der Waals surface area contributed by atoms with Gasteiger partial charge in [0.25, 0.3) is 5.91 Å². The van der Waals surface area contributed by atoms with Crippen LogP contribution in [0.4, 0.5) is 5.69 Å². The van der Waals surface area contributed by atoms with E-state index in [0.29, 0.717) is 17.0 Å². The van der Waals surface area contributed by atoms with E-state index >= 15 is 0 Å². The Bertz CT molecular complexity index is 805. The fraction of sp³-hybridized carbons (Fsp3) is 0.211. The van der Waals surface area contributed by atoms with Crippen molar-refractivity contribution in [2.45, 2.75) is 6.42 Å². The highest BCUT2D eigenvalue weighted by Gasteiger charge is 2.35. The van der Waals surface area contributed by atoms with Gasteiger partial charge in [0, 0.05) is 24.2 Å². The van der Waals surface area contributed by atoms with Gasteiger partial charge in [0.15, 0.2) is 0 Å². The van der Waals surface area contributed by atoms with Gasteiger partial charge in [-0.1, -0.05) is 18.2 Å². The molecule has 0 aliphatic carbocycles. The van der Waals surface area contributed by atoms with Crippen LogP contribution >= 0.6 is 0 Å². The zero-order valence-corrected chi connectivity index (χ0v) is 14.3. The molecule has 1 atom stereocenters. The van der Waals surface area contributed by atoms with Gasteiger partial charge in [-0.3, -0.25) is 25.2 Å². The van der Waals surface area contributed by atoms with Gasteiger partial charge in [-0.05, 0) is 36.4 Å². The van der Waals surface area contributed by atoms with Crippen LogP contribution in [-0.2, 0) is 9.59 Å². The maximum atomic E-state index is 12.3. The number of nitrogens with one attached hydrogen (secondary N) is 2. The van der Waals surface area contributed by atoms with E-state index in [0.717, 1.165) is 0 Å². The summed E-state index contributed by atoms with van der Waals surface area (Å²) in [6.45, 7) is 0.262. The van der Waals surface area contributed by atoms with E-state index in [1.807, 2.05) is 0 Å². The lowest BCUT2D eigenvalue weighted by Crippen LogP contribution is -2.45. The number of ether oxygens (including phenoxy) is 1. The van der Waals surface area contributed by atoms with Crippen molar-refractivity contribution >= 4 is 23.4 Å². The summed E-state index contributed by atoms with van der Waals surface area (Å²) in [7, 11) is 1.57. The van der Waals surface area contributed by atoms with Crippen LogP contribution in [0.1, 0.15) is 16.8 Å². The van der Waals surface area contributed by atoms with Crippen LogP contribution in [0.5, 0.6) is 5.75 Å². The highest BCUT2D eigenvalue weighted by atomic mass is 16.5. The Morgan fingerprint density at radius 1 is 1.04 bits per heavy atom. The summed E-state index contributed by atoms with van der Waals surface area (Å²) in [5, 5.41) is 0. The van der Waals surface area contributed by atoms with Crippen molar-refractivity contribution < 1.29 is 19.1 Å². The summed E-state index contributed by atoms with van der Waals surface area (Å²) >= 11 is 0. The van der Waals surface area contributed by atoms with Gasteiger partial charge >= 0.3 is 0 Å². The molecule has 3 rings (SSSR count). The number of hydrogen-bond donors (Lipinski definition) is 2. The molecule has 0 saturated carbocycles. The van der Waals surface area contributed by atoms with Gasteiger partial charge in [0.1, 0.15) is 5.75 Å². The number of anilines is 1. The molecule has 0 radical (unpaired) electrons. The van der Waals surface area contributed by atoms with E-state index in [1.165, 1.54) is 0 Å². The summed E-state index contributed by atoms with van der Waals surface area (Å²) in [6, 6.07) is 15.6. The predicted octanol–water partition coefficient (Wildman–Crippen LogP) is 1.51. The molecule has 3 amide bonds. The van der Waals surface area contributed by atoms with Crippen molar-refractivity contribution in [2.24, 2.45) is 5.92 Å². The van der Waals surface area contributed by atoms with Crippen LogP contribution in [0.25, 0.3) is 0 Å². The van der Waals surface area contributed by atoms with Gasteiger partial charge in [-0.25, -0.2) is 0 Å². The van der Waals surface area contributed by atoms with E-state index in [9.17, 15) is 14.4 Å². The molecule has 26 heavy (non-hydrogen) atoms. The SMILES string of the molecule is COc1ccc(N2C[C@H](C(=O)NNC(=O)c3ccccc3)CC2=O)cc1. The smallest absolute Gasteiger partial charge is 0.269 e. The Kier molecular flexibility index (Phi) is 5.17. The highest BCUT2D eigenvalue weighted by molar-refractivity contribution is 6.01. The van der Waals surface area contributed by atoms with Gasteiger partial charge in [-0.2, -0.15) is 0 Å². The molecule has 0 aromatic heterocycles. The lowest BCUT2D eigenvalue weighted by molar-refractivity contribution is -0.126. The molecule has 1 heterocycles. The summed E-state index contributed by atoms with van der Waals surface area (Å²) in [5.41, 5.74) is 5.92. The first-order valence-corrected chi connectivity index (χ1v) is 8.18. The first kappa shape index (κ1) is 17.5. The van der Waals surface area contributed by atoms with Crippen LogP contribution in [-0.4, -0.2) is 31.4 Å². The largest absolute Gasteiger partial charge is 0.497 e. The van der Waals surface area contributed by atoms with Crippen LogP contribution < -0.4 is 20.5 Å². The van der Waals surface area contributed by atoms with E-state index in [-0.39, 0.29) is 18.9 Å². The second-order valence-corrected chi connectivity index (χ2v) is 5.91. The topological polar surface area (TPSA) is 87.7 Å². The normalized spacial score (nSPS) is 16.3. The number of nitrogens with zero attached hydrogens (tertiary/aromatic N) is 1. The summed E-state index contributed by atoms with van der Waals surface area (Å²) in [5.74, 6) is -0.766. The number of rotatable bonds is 4. The number of methoxy groups -OCH3 is 1. The van der Waals surface area contributed by atoms with Crippen LogP contribution in [0.3, 0.4) is 0 Å². The number of benzene rings is 2. The molecule has 1 aliphatic rings. The van der Waals surface area contributed by atoms with Crippen molar-refractivity contribution in [1.29, 1.82) is 0 Å². The Labute approximate surface area is 150 Å². The summed E-state index contributed by atoms with van der Waals surface area (Å²) < 4.78 is 5.10. The molecule has 0 spiro atoms. The third kappa shape index (κ3) is 3.83. The number of carbonyl (C=O) groups excluding carboxylic acids is 3. The Balaban J connectivity index is 1.57. The molecule has 2 aromatic rings. The molecular weight excluding hydrogens is 334 g/mol. The Morgan fingerprint density at radius 2 is 1.73 bits per heavy atom. The lowest BCUT2D eigenvalue weighted by Gasteiger charge is -2.17. The molecule has 1 fully saturated rings. The number of hydrogen-bond acceptors (Lipinski definition) is 4. The molecule has 2 aromatic carbocycles. The fourth-order valence-corrected chi connectivity index (χ4v) is 2.78. The Morgan fingerprint density at radius 3 is 2.38 bits per heavy atom. The van der Waals surface area contributed by atoms with E-state index < -0.39 is 17.7 Å². The molecular formula is C19H19N3O4. The zero-order valence-electron chi connectivity index (χ0n) is 14.3. The molecule has 134 valence electrons. The maximum absolute atomic E-state index is 12.3. The van der Waals surface area contributed by atoms with Crippen LogP contribution in [0.2, 0.25) is 0 Å². The fourth-order valence-electron chi connectivity index (χ4n) is 2.78. The van der Waals surface area contributed by atoms with Crippen molar-refractivity contribution in [2.75, 3.05) is 18.6 Å². The average molecular weight is 353 g/mol. The predicted molar refractivity (Wildman–Crippen MR) is 95.5 cm³/mol. The van der Waals surface area contributed by atoms with Crippen molar-refractivity contribution in [3.8, 4) is 5.75 Å². The minimum absolute atomic E-state index is 0.0963. The molecule has 7 nitrogen and oxygen atoms in total. The molecule has 0 unspecified atom stereocenters. The van der Waals surface area contributed by atoms with E-state index in [4.69, 9.17) is 4.74 Å². The number of amides is 3. The first-order chi connectivity index (χ1) is 12.6. The third-order valence-corrected chi connectivity index (χ3v) is 4.22. The molecule has 7 heteroatoms. The van der Waals surface area contributed by atoms with Crippen molar-refractivity contribution in [1.82, 2.24) is 10.9 Å². The molecule has 1 aliphatic heterocycles. The first-order valence-electron chi connectivity index (χ1n) is 8.18. The third-order valence-electron chi connectivity index (χ3n) is 4.22.